The van der Waals surface area contributed by atoms with Crippen molar-refractivity contribution in [3.63, 3.8) is 0 Å². The molecule has 2 unspecified atom stereocenters. The Morgan fingerprint density at radius 3 is 2.60 bits per heavy atom. The fourth-order valence-electron chi connectivity index (χ4n) is 3.34. The van der Waals surface area contributed by atoms with Crippen molar-refractivity contribution in [1.29, 1.82) is 0 Å². The first-order valence-corrected chi connectivity index (χ1v) is 5.69. The molecule has 0 aliphatic heterocycles. The Hall–Kier alpha value is -0.890. The van der Waals surface area contributed by atoms with Gasteiger partial charge in [0.15, 0.2) is 0 Å². The van der Waals surface area contributed by atoms with Gasteiger partial charge in [0.25, 0.3) is 0 Å². The summed E-state index contributed by atoms with van der Waals surface area (Å²) < 4.78 is 13.2. The van der Waals surface area contributed by atoms with Crippen LogP contribution < -0.4 is 5.73 Å². The fourth-order valence-corrected chi connectivity index (χ4v) is 3.34. The molecule has 0 saturated heterocycles. The molecule has 2 fully saturated rings. The minimum atomic E-state index is -0.131. The maximum Gasteiger partial charge on any atom is 0.126 e. The molecule has 0 radical (unpaired) electrons. The summed E-state index contributed by atoms with van der Waals surface area (Å²) in [5, 5.41) is 0. The molecule has 80 valence electrons. The molecule has 3 rings (SSSR count). The molecule has 0 bridgehead atoms. The third kappa shape index (κ3) is 1.11. The number of hydrogen-bond acceptors (Lipinski definition) is 1. The quantitative estimate of drug-likeness (QED) is 0.749. The van der Waals surface area contributed by atoms with Crippen molar-refractivity contribution in [3.05, 3.63) is 35.1 Å². The molecule has 2 aliphatic carbocycles. The largest absolute Gasteiger partial charge is 0.321 e. The molecule has 2 heteroatoms. The highest BCUT2D eigenvalue weighted by Crippen LogP contribution is 2.64. The third-order valence-corrected chi connectivity index (χ3v) is 4.29. The molecule has 1 nitrogen and oxygen atoms in total. The summed E-state index contributed by atoms with van der Waals surface area (Å²) in [6, 6.07) is 5.33. The van der Waals surface area contributed by atoms with Crippen molar-refractivity contribution in [3.8, 4) is 0 Å². The van der Waals surface area contributed by atoms with Gasteiger partial charge in [-0.15, -0.1) is 0 Å². The van der Waals surface area contributed by atoms with Gasteiger partial charge in [0, 0.05) is 5.54 Å². The van der Waals surface area contributed by atoms with Gasteiger partial charge >= 0.3 is 0 Å². The lowest BCUT2D eigenvalue weighted by Gasteiger charge is -2.16. The van der Waals surface area contributed by atoms with Crippen molar-refractivity contribution < 1.29 is 4.39 Å². The van der Waals surface area contributed by atoms with E-state index in [9.17, 15) is 4.39 Å². The SMILES string of the molecule is Cc1cc(C2(N)C3CCCC32)ccc1F. The van der Waals surface area contributed by atoms with Gasteiger partial charge in [-0.3, -0.25) is 0 Å². The van der Waals surface area contributed by atoms with Gasteiger partial charge in [-0.25, -0.2) is 4.39 Å². The first-order chi connectivity index (χ1) is 7.14. The monoisotopic (exact) mass is 205 g/mol. The highest BCUT2D eigenvalue weighted by Gasteiger charge is 2.64. The number of nitrogens with two attached hydrogens (primary N) is 1. The van der Waals surface area contributed by atoms with E-state index in [1.165, 1.54) is 19.3 Å². The van der Waals surface area contributed by atoms with E-state index in [-0.39, 0.29) is 11.4 Å². The van der Waals surface area contributed by atoms with Gasteiger partial charge in [0.2, 0.25) is 0 Å². The Morgan fingerprint density at radius 2 is 2.00 bits per heavy atom. The average molecular weight is 205 g/mol. The molecule has 0 spiro atoms. The second-order valence-corrected chi connectivity index (χ2v) is 5.04. The number of rotatable bonds is 1. The van der Waals surface area contributed by atoms with Crippen LogP contribution in [0.4, 0.5) is 4.39 Å². The maximum absolute atomic E-state index is 13.2. The number of fused-ring (bicyclic) bond motifs is 1. The van der Waals surface area contributed by atoms with E-state index in [0.717, 1.165) is 5.56 Å². The minimum Gasteiger partial charge on any atom is -0.321 e. The summed E-state index contributed by atoms with van der Waals surface area (Å²) in [5.74, 6) is 1.18. The minimum absolute atomic E-state index is 0.128. The van der Waals surface area contributed by atoms with Crippen LogP contribution in [0.3, 0.4) is 0 Å². The summed E-state index contributed by atoms with van der Waals surface area (Å²) in [7, 11) is 0. The molecule has 2 atom stereocenters. The Morgan fingerprint density at radius 1 is 1.33 bits per heavy atom. The van der Waals surface area contributed by atoms with Crippen LogP contribution in [-0.2, 0) is 5.54 Å². The van der Waals surface area contributed by atoms with Gasteiger partial charge in [0.1, 0.15) is 5.82 Å². The van der Waals surface area contributed by atoms with Crippen LogP contribution in [0, 0.1) is 24.6 Å². The van der Waals surface area contributed by atoms with Crippen LogP contribution in [0.1, 0.15) is 30.4 Å². The second-order valence-electron chi connectivity index (χ2n) is 5.04. The van der Waals surface area contributed by atoms with E-state index in [0.29, 0.717) is 17.4 Å². The lowest BCUT2D eigenvalue weighted by atomic mass is 9.95. The fraction of sp³-hybridized carbons (Fsp3) is 0.538. The summed E-state index contributed by atoms with van der Waals surface area (Å²) in [6.45, 7) is 1.81. The summed E-state index contributed by atoms with van der Waals surface area (Å²) in [6.07, 6.45) is 3.81. The molecule has 15 heavy (non-hydrogen) atoms. The Labute approximate surface area is 89.5 Å². The van der Waals surface area contributed by atoms with Gasteiger partial charge in [0.05, 0.1) is 0 Å². The first kappa shape index (κ1) is 9.34. The number of hydrogen-bond donors (Lipinski definition) is 1. The molecular formula is C13H16FN. The van der Waals surface area contributed by atoms with Crippen molar-refractivity contribution in [2.24, 2.45) is 17.6 Å². The summed E-state index contributed by atoms with van der Waals surface area (Å²) in [5.41, 5.74) is 8.13. The number of aryl methyl sites for hydroxylation is 1. The van der Waals surface area contributed by atoms with E-state index in [1.54, 1.807) is 13.0 Å². The normalized spacial score (nSPS) is 37.8. The van der Waals surface area contributed by atoms with Crippen molar-refractivity contribution >= 4 is 0 Å². The summed E-state index contributed by atoms with van der Waals surface area (Å²) >= 11 is 0. The molecule has 1 aromatic rings. The number of halogens is 1. The number of benzene rings is 1. The molecule has 0 amide bonds. The lowest BCUT2D eigenvalue weighted by molar-refractivity contribution is 0.524. The molecule has 1 aromatic carbocycles. The van der Waals surface area contributed by atoms with E-state index >= 15 is 0 Å². The van der Waals surface area contributed by atoms with Crippen LogP contribution >= 0.6 is 0 Å². The topological polar surface area (TPSA) is 26.0 Å². The molecule has 0 aromatic heterocycles. The van der Waals surface area contributed by atoms with Crippen molar-refractivity contribution in [1.82, 2.24) is 0 Å². The highest BCUT2D eigenvalue weighted by atomic mass is 19.1. The second kappa shape index (κ2) is 2.82. The van der Waals surface area contributed by atoms with Gasteiger partial charge < -0.3 is 5.73 Å². The lowest BCUT2D eigenvalue weighted by Crippen LogP contribution is -2.25. The van der Waals surface area contributed by atoms with Crippen molar-refractivity contribution in [2.45, 2.75) is 31.7 Å². The molecule has 2 aliphatic rings. The van der Waals surface area contributed by atoms with E-state index < -0.39 is 0 Å². The molecule has 2 N–H and O–H groups in total. The van der Waals surface area contributed by atoms with Gasteiger partial charge in [-0.1, -0.05) is 18.6 Å². The first-order valence-electron chi connectivity index (χ1n) is 5.69. The zero-order chi connectivity index (χ0) is 10.6. The predicted molar refractivity (Wildman–Crippen MR) is 57.8 cm³/mol. The molecular weight excluding hydrogens is 189 g/mol. The molecule has 2 saturated carbocycles. The zero-order valence-corrected chi connectivity index (χ0v) is 8.96. The Bertz CT molecular complexity index is 403. The van der Waals surface area contributed by atoms with Crippen LogP contribution in [0.5, 0.6) is 0 Å². The Balaban J connectivity index is 1.97. The van der Waals surface area contributed by atoms with E-state index in [4.69, 9.17) is 5.73 Å². The average Bonchev–Trinajstić information content (AvgIpc) is 2.66. The van der Waals surface area contributed by atoms with E-state index in [2.05, 4.69) is 0 Å². The van der Waals surface area contributed by atoms with Crippen LogP contribution in [-0.4, -0.2) is 0 Å². The highest BCUT2D eigenvalue weighted by molar-refractivity contribution is 5.38. The van der Waals surface area contributed by atoms with Gasteiger partial charge in [-0.05, 0) is 48.8 Å². The summed E-state index contributed by atoms with van der Waals surface area (Å²) in [4.78, 5) is 0. The Kier molecular flexibility index (Phi) is 1.76. The van der Waals surface area contributed by atoms with E-state index in [1.807, 2.05) is 12.1 Å². The van der Waals surface area contributed by atoms with Gasteiger partial charge in [-0.2, -0.15) is 0 Å². The van der Waals surface area contributed by atoms with Crippen LogP contribution in [0.25, 0.3) is 0 Å². The predicted octanol–water partition coefficient (Wildman–Crippen LogP) is 2.72. The maximum atomic E-state index is 13.2. The van der Waals surface area contributed by atoms with Crippen LogP contribution in [0.2, 0.25) is 0 Å². The van der Waals surface area contributed by atoms with Crippen LogP contribution in [0.15, 0.2) is 18.2 Å². The molecule has 0 heterocycles. The zero-order valence-electron chi connectivity index (χ0n) is 8.96. The standard InChI is InChI=1S/C13H16FN/c1-8-7-9(5-6-12(8)14)13(15)10-3-2-4-11(10)13/h5-7,10-11H,2-4,15H2,1H3. The van der Waals surface area contributed by atoms with Crippen molar-refractivity contribution in [2.75, 3.05) is 0 Å². The smallest absolute Gasteiger partial charge is 0.126 e. The third-order valence-electron chi connectivity index (χ3n) is 4.29.